The summed E-state index contributed by atoms with van der Waals surface area (Å²) in [5, 5.41) is 0. The number of carbonyl (C=O) groups is 1. The predicted octanol–water partition coefficient (Wildman–Crippen LogP) is 2.95. The number of benzene rings is 1. The maximum atomic E-state index is 13.0. The molecule has 5 rings (SSSR count). The molecule has 1 aromatic carbocycles. The zero-order valence-electron chi connectivity index (χ0n) is 16.1. The lowest BCUT2D eigenvalue weighted by Gasteiger charge is -2.40. The summed E-state index contributed by atoms with van der Waals surface area (Å²) in [7, 11) is 0. The number of amides is 1. The lowest BCUT2D eigenvalue weighted by molar-refractivity contribution is 0.0631. The van der Waals surface area contributed by atoms with E-state index in [1.54, 1.807) is 18.3 Å². The molecule has 2 aromatic heterocycles. The summed E-state index contributed by atoms with van der Waals surface area (Å²) in [5.74, 6) is 0.533. The second kappa shape index (κ2) is 6.95. The van der Waals surface area contributed by atoms with Crippen LogP contribution < -0.4 is 5.56 Å². The molecule has 146 valence electrons. The van der Waals surface area contributed by atoms with E-state index in [9.17, 15) is 9.59 Å². The molecule has 6 heteroatoms. The van der Waals surface area contributed by atoms with Crippen LogP contribution in [0.2, 0.25) is 0 Å². The van der Waals surface area contributed by atoms with Crippen LogP contribution in [0.4, 0.5) is 0 Å². The van der Waals surface area contributed by atoms with E-state index < -0.39 is 0 Å². The number of rotatable bonds is 2. The van der Waals surface area contributed by atoms with Gasteiger partial charge in [0.1, 0.15) is 5.56 Å². The average molecular weight is 386 g/mol. The zero-order chi connectivity index (χ0) is 19.8. The number of piperidine rings is 1. The molecule has 29 heavy (non-hydrogen) atoms. The van der Waals surface area contributed by atoms with Crippen LogP contribution in [-0.4, -0.2) is 38.8 Å². The van der Waals surface area contributed by atoms with Crippen LogP contribution >= 0.6 is 0 Å². The molecule has 1 fully saturated rings. The van der Waals surface area contributed by atoms with Gasteiger partial charge in [-0.2, -0.15) is 0 Å². The molecule has 0 bridgehead atoms. The van der Waals surface area contributed by atoms with Gasteiger partial charge in [-0.25, -0.2) is 9.97 Å². The largest absolute Gasteiger partial charge is 0.338 e. The highest BCUT2D eigenvalue weighted by molar-refractivity contribution is 5.94. The fraction of sp³-hybridized carbons (Fsp3) is 0.304. The van der Waals surface area contributed by atoms with Crippen molar-refractivity contribution >= 4 is 5.91 Å². The number of hydrogen-bond acceptors (Lipinski definition) is 4. The van der Waals surface area contributed by atoms with Crippen molar-refractivity contribution in [3.8, 4) is 11.4 Å². The minimum Gasteiger partial charge on any atom is -0.338 e. The minimum absolute atomic E-state index is 0.156. The van der Waals surface area contributed by atoms with E-state index in [1.807, 2.05) is 41.4 Å². The highest BCUT2D eigenvalue weighted by Crippen LogP contribution is 2.44. The highest BCUT2D eigenvalue weighted by atomic mass is 16.2. The van der Waals surface area contributed by atoms with Gasteiger partial charge in [0.05, 0.1) is 5.69 Å². The number of nitrogens with one attached hydrogen (secondary N) is 1. The molecular formula is C23H22N4O2. The number of aromatic amines is 1. The van der Waals surface area contributed by atoms with Gasteiger partial charge >= 0.3 is 0 Å². The third-order valence-electron chi connectivity index (χ3n) is 6.18. The van der Waals surface area contributed by atoms with Crippen LogP contribution in [-0.2, 0) is 11.8 Å². The Morgan fingerprint density at radius 2 is 1.97 bits per heavy atom. The molecule has 1 N–H and O–H groups in total. The molecule has 1 unspecified atom stereocenters. The smallest absolute Gasteiger partial charge is 0.260 e. The van der Waals surface area contributed by atoms with Crippen molar-refractivity contribution in [1.82, 2.24) is 19.9 Å². The number of aryl methyl sites for hydroxylation is 1. The topological polar surface area (TPSA) is 79.0 Å². The molecular weight excluding hydrogens is 364 g/mol. The van der Waals surface area contributed by atoms with Crippen molar-refractivity contribution in [3.63, 3.8) is 0 Å². The Labute approximate surface area is 168 Å². The summed E-state index contributed by atoms with van der Waals surface area (Å²) in [5.41, 5.74) is 2.96. The number of H-pyrrole nitrogens is 1. The van der Waals surface area contributed by atoms with Crippen molar-refractivity contribution in [2.75, 3.05) is 13.1 Å². The van der Waals surface area contributed by atoms with Gasteiger partial charge in [0.15, 0.2) is 5.82 Å². The Morgan fingerprint density at radius 1 is 1.10 bits per heavy atom. The molecule has 1 spiro atoms. The average Bonchev–Trinajstić information content (AvgIpc) is 3.11. The van der Waals surface area contributed by atoms with Crippen LogP contribution in [0.5, 0.6) is 0 Å². The van der Waals surface area contributed by atoms with Crippen LogP contribution in [0.3, 0.4) is 0 Å². The van der Waals surface area contributed by atoms with Crippen LogP contribution in [0.15, 0.2) is 59.7 Å². The van der Waals surface area contributed by atoms with E-state index in [0.29, 0.717) is 13.1 Å². The lowest BCUT2D eigenvalue weighted by atomic mass is 9.77. The van der Waals surface area contributed by atoms with E-state index in [4.69, 9.17) is 4.98 Å². The molecule has 3 heterocycles. The summed E-state index contributed by atoms with van der Waals surface area (Å²) in [4.78, 5) is 39.1. The second-order valence-electron chi connectivity index (χ2n) is 7.96. The first-order valence-corrected chi connectivity index (χ1v) is 10.1. The van der Waals surface area contributed by atoms with Crippen LogP contribution in [0, 0.1) is 0 Å². The summed E-state index contributed by atoms with van der Waals surface area (Å²) >= 11 is 0. The van der Waals surface area contributed by atoms with Gasteiger partial charge in [0, 0.05) is 36.5 Å². The minimum atomic E-state index is -0.336. The van der Waals surface area contributed by atoms with Gasteiger partial charge in [-0.1, -0.05) is 30.3 Å². The Kier molecular flexibility index (Phi) is 4.27. The van der Waals surface area contributed by atoms with E-state index >= 15 is 0 Å². The molecule has 0 saturated carbocycles. The van der Waals surface area contributed by atoms with Crippen molar-refractivity contribution < 1.29 is 4.79 Å². The van der Waals surface area contributed by atoms with Crippen molar-refractivity contribution in [2.45, 2.75) is 31.1 Å². The van der Waals surface area contributed by atoms with E-state index in [0.717, 1.165) is 42.8 Å². The van der Waals surface area contributed by atoms with Crippen LogP contribution in [0.1, 0.15) is 40.9 Å². The summed E-state index contributed by atoms with van der Waals surface area (Å²) in [6, 6.07) is 13.3. The number of likely N-dealkylation sites (tertiary alicyclic amines) is 1. The van der Waals surface area contributed by atoms with Gasteiger partial charge in [-0.05, 0) is 43.4 Å². The SMILES string of the molecule is O=C(c1ccc[nH]c1=O)N1CCCC2(CCc3cnc(-c4ccccc4)nc32)C1. The summed E-state index contributed by atoms with van der Waals surface area (Å²) < 4.78 is 0. The summed E-state index contributed by atoms with van der Waals surface area (Å²) in [6.45, 7) is 1.26. The fourth-order valence-corrected chi connectivity index (χ4v) is 4.73. The number of hydrogen-bond donors (Lipinski definition) is 1. The lowest BCUT2D eigenvalue weighted by Crippen LogP contribution is -2.48. The van der Waals surface area contributed by atoms with Gasteiger partial charge in [-0.15, -0.1) is 0 Å². The quantitative estimate of drug-likeness (QED) is 0.734. The van der Waals surface area contributed by atoms with Gasteiger partial charge in [0.2, 0.25) is 0 Å². The maximum Gasteiger partial charge on any atom is 0.260 e. The molecule has 1 aliphatic heterocycles. The molecule has 6 nitrogen and oxygen atoms in total. The third-order valence-corrected chi connectivity index (χ3v) is 6.18. The highest BCUT2D eigenvalue weighted by Gasteiger charge is 2.45. The molecule has 3 aromatic rings. The van der Waals surface area contributed by atoms with Crippen molar-refractivity contribution in [1.29, 1.82) is 0 Å². The molecule has 2 aliphatic rings. The van der Waals surface area contributed by atoms with Gasteiger partial charge in [-0.3, -0.25) is 9.59 Å². The normalized spacial score (nSPS) is 20.6. The number of aromatic nitrogens is 3. The zero-order valence-corrected chi connectivity index (χ0v) is 16.1. The predicted molar refractivity (Wildman–Crippen MR) is 110 cm³/mol. The van der Waals surface area contributed by atoms with E-state index in [2.05, 4.69) is 9.97 Å². The molecule has 1 amide bonds. The van der Waals surface area contributed by atoms with Crippen molar-refractivity contribution in [2.24, 2.45) is 0 Å². The second-order valence-corrected chi connectivity index (χ2v) is 7.96. The number of pyridine rings is 1. The third kappa shape index (κ3) is 3.05. The Morgan fingerprint density at radius 3 is 2.79 bits per heavy atom. The number of carbonyl (C=O) groups excluding carboxylic acids is 1. The van der Waals surface area contributed by atoms with E-state index in [1.165, 1.54) is 5.56 Å². The van der Waals surface area contributed by atoms with E-state index in [-0.39, 0.29) is 22.4 Å². The monoisotopic (exact) mass is 386 g/mol. The van der Waals surface area contributed by atoms with Gasteiger partial charge in [0.25, 0.3) is 11.5 Å². The number of fused-ring (bicyclic) bond motifs is 2. The Hall–Kier alpha value is -3.28. The Bertz CT molecular complexity index is 1120. The first-order chi connectivity index (χ1) is 14.2. The van der Waals surface area contributed by atoms with Crippen molar-refractivity contribution in [3.05, 3.63) is 82.0 Å². The first-order valence-electron chi connectivity index (χ1n) is 10.1. The molecule has 1 aliphatic carbocycles. The first kappa shape index (κ1) is 17.8. The summed E-state index contributed by atoms with van der Waals surface area (Å²) in [6.07, 6.45) is 7.29. The van der Waals surface area contributed by atoms with Gasteiger partial charge < -0.3 is 9.88 Å². The molecule has 0 radical (unpaired) electrons. The fourth-order valence-electron chi connectivity index (χ4n) is 4.73. The maximum absolute atomic E-state index is 13.0. The standard InChI is InChI=1S/C23H22N4O2/c28-21-18(8-4-12-24-21)22(29)27-13-5-10-23(15-27)11-9-17-14-25-20(26-19(17)23)16-6-2-1-3-7-16/h1-4,6-8,12,14H,5,9-11,13,15H2,(H,24,28). The van der Waals surface area contributed by atoms with Crippen LogP contribution in [0.25, 0.3) is 11.4 Å². The molecule has 1 saturated heterocycles. The number of nitrogens with zero attached hydrogens (tertiary/aromatic N) is 3. The molecule has 1 atom stereocenters. The Balaban J connectivity index is 1.49.